The van der Waals surface area contributed by atoms with E-state index < -0.39 is 23.7 Å². The van der Waals surface area contributed by atoms with Crippen LogP contribution in [0.1, 0.15) is 17.0 Å². The first-order chi connectivity index (χ1) is 15.7. The molecule has 0 bridgehead atoms. The molecule has 0 radical (unpaired) electrons. The van der Waals surface area contributed by atoms with Gasteiger partial charge in [0.1, 0.15) is 5.92 Å². The first kappa shape index (κ1) is 24.8. The van der Waals surface area contributed by atoms with Crippen LogP contribution in [0, 0.1) is 24.2 Å². The minimum absolute atomic E-state index is 0.0691. The second-order valence-corrected chi connectivity index (χ2v) is 9.49. The fraction of sp³-hybridized carbons (Fsp3) is 0.217. The van der Waals surface area contributed by atoms with Crippen molar-refractivity contribution < 1.29 is 19.1 Å². The molecule has 1 aliphatic heterocycles. The molecule has 7 nitrogen and oxygen atoms in total. The number of nitrogens with zero attached hydrogens (tertiary/aromatic N) is 1. The van der Waals surface area contributed by atoms with E-state index in [2.05, 4.69) is 32.6 Å². The Balaban J connectivity index is 1.88. The molecular weight excluding hydrogens is 530 g/mol. The molecule has 2 aromatic rings. The summed E-state index contributed by atoms with van der Waals surface area (Å²) >= 11 is 10.5. The minimum Gasteiger partial charge on any atom is -0.468 e. The van der Waals surface area contributed by atoms with Gasteiger partial charge in [-0.1, -0.05) is 57.5 Å². The van der Waals surface area contributed by atoms with E-state index in [1.807, 2.05) is 6.92 Å². The van der Waals surface area contributed by atoms with Crippen molar-refractivity contribution >= 4 is 62.8 Å². The maximum absolute atomic E-state index is 12.8. The van der Waals surface area contributed by atoms with Crippen molar-refractivity contribution in [1.29, 1.82) is 5.26 Å². The van der Waals surface area contributed by atoms with Crippen molar-refractivity contribution in [3.8, 4) is 6.07 Å². The highest BCUT2D eigenvalue weighted by Gasteiger charge is 2.44. The van der Waals surface area contributed by atoms with E-state index >= 15 is 0 Å². The first-order valence-corrected chi connectivity index (χ1v) is 11.9. The van der Waals surface area contributed by atoms with Crippen LogP contribution < -0.4 is 10.6 Å². The normalized spacial score (nSPS) is 17.7. The lowest BCUT2D eigenvalue weighted by Gasteiger charge is -2.31. The van der Waals surface area contributed by atoms with Crippen molar-refractivity contribution in [2.75, 3.05) is 18.2 Å². The third-order valence-corrected chi connectivity index (χ3v) is 6.91. The van der Waals surface area contributed by atoms with Crippen LogP contribution in [0.4, 0.5) is 5.69 Å². The van der Waals surface area contributed by atoms with Crippen LogP contribution >= 0.6 is 39.3 Å². The van der Waals surface area contributed by atoms with Gasteiger partial charge in [-0.3, -0.25) is 14.4 Å². The van der Waals surface area contributed by atoms with Crippen LogP contribution in [0.25, 0.3) is 0 Å². The van der Waals surface area contributed by atoms with Crippen molar-refractivity contribution in [1.82, 2.24) is 5.32 Å². The fourth-order valence-electron chi connectivity index (χ4n) is 3.39. The SMILES string of the molecule is COC(=O)[C@@H]1C(=O)NC(SCC(=O)Nc2ccc(C)c(Cl)c2)=C(C#N)[C@@H]1c1cccc(Br)c1. The van der Waals surface area contributed by atoms with Crippen LogP contribution in [-0.4, -0.2) is 30.6 Å². The van der Waals surface area contributed by atoms with Gasteiger partial charge in [0.05, 0.1) is 29.5 Å². The molecule has 0 unspecified atom stereocenters. The summed E-state index contributed by atoms with van der Waals surface area (Å²) in [5.74, 6) is -3.84. The number of nitriles is 1. The molecule has 1 aliphatic rings. The number of benzene rings is 2. The average molecular weight is 549 g/mol. The van der Waals surface area contributed by atoms with Crippen LogP contribution in [0.3, 0.4) is 0 Å². The molecule has 170 valence electrons. The van der Waals surface area contributed by atoms with Crippen LogP contribution in [-0.2, 0) is 19.1 Å². The van der Waals surface area contributed by atoms with Gasteiger partial charge in [0, 0.05) is 21.1 Å². The van der Waals surface area contributed by atoms with Gasteiger partial charge < -0.3 is 15.4 Å². The summed E-state index contributed by atoms with van der Waals surface area (Å²) in [6, 6.07) is 14.3. The summed E-state index contributed by atoms with van der Waals surface area (Å²) in [7, 11) is 1.19. The predicted molar refractivity (Wildman–Crippen MR) is 130 cm³/mol. The Morgan fingerprint density at radius 1 is 1.30 bits per heavy atom. The second kappa shape index (κ2) is 10.9. The van der Waals surface area contributed by atoms with Gasteiger partial charge in [-0.05, 0) is 42.3 Å². The highest BCUT2D eigenvalue weighted by atomic mass is 79.9. The summed E-state index contributed by atoms with van der Waals surface area (Å²) in [5, 5.41) is 16.0. The van der Waals surface area contributed by atoms with E-state index in [0.717, 1.165) is 21.8 Å². The maximum atomic E-state index is 12.8. The van der Waals surface area contributed by atoms with Crippen molar-refractivity contribution in [2.24, 2.45) is 5.92 Å². The molecule has 0 aromatic heterocycles. The molecule has 3 rings (SSSR count). The molecule has 1 heterocycles. The number of nitrogens with one attached hydrogen (secondary N) is 2. The zero-order valence-corrected chi connectivity index (χ0v) is 20.8. The van der Waals surface area contributed by atoms with E-state index in [-0.39, 0.29) is 22.3 Å². The average Bonchev–Trinajstić information content (AvgIpc) is 2.79. The number of hydrogen-bond acceptors (Lipinski definition) is 6. The van der Waals surface area contributed by atoms with E-state index in [4.69, 9.17) is 16.3 Å². The van der Waals surface area contributed by atoms with Crippen LogP contribution in [0.15, 0.2) is 57.5 Å². The molecule has 2 N–H and O–H groups in total. The van der Waals surface area contributed by atoms with Gasteiger partial charge in [-0.2, -0.15) is 5.26 Å². The zero-order valence-electron chi connectivity index (χ0n) is 17.6. The van der Waals surface area contributed by atoms with E-state index in [1.165, 1.54) is 7.11 Å². The minimum atomic E-state index is -1.23. The second-order valence-electron chi connectivity index (χ2n) is 7.18. The standard InChI is InChI=1S/C23H19BrClN3O4S/c1-12-6-7-15(9-17(12)25)27-18(29)11-33-22-16(10-26)19(13-4-3-5-14(24)8-13)20(21(30)28-22)23(31)32-2/h3-9,19-20H,11H2,1-2H3,(H,27,29)(H,28,30)/t19-,20-/m0/s1. The number of ether oxygens (including phenoxy) is 1. The fourth-order valence-corrected chi connectivity index (χ4v) is 4.83. The number of amides is 2. The molecule has 2 amide bonds. The topological polar surface area (TPSA) is 108 Å². The highest BCUT2D eigenvalue weighted by Crippen LogP contribution is 2.40. The molecule has 0 fully saturated rings. The molecule has 2 atom stereocenters. The van der Waals surface area contributed by atoms with Crippen molar-refractivity contribution in [2.45, 2.75) is 12.8 Å². The van der Waals surface area contributed by atoms with Gasteiger partial charge in [0.2, 0.25) is 11.8 Å². The van der Waals surface area contributed by atoms with E-state index in [0.29, 0.717) is 16.3 Å². The number of aryl methyl sites for hydroxylation is 1. The summed E-state index contributed by atoms with van der Waals surface area (Å²) in [4.78, 5) is 37.7. The Kier molecular flexibility index (Phi) is 8.19. The Bertz CT molecular complexity index is 1190. The van der Waals surface area contributed by atoms with Gasteiger partial charge >= 0.3 is 5.97 Å². The number of esters is 1. The number of carbonyl (C=O) groups is 3. The molecule has 0 saturated carbocycles. The number of allylic oxidation sites excluding steroid dienone is 1. The predicted octanol–water partition coefficient (Wildman–Crippen LogP) is 4.52. The first-order valence-electron chi connectivity index (χ1n) is 9.72. The lowest BCUT2D eigenvalue weighted by molar-refractivity contribution is -0.150. The Morgan fingerprint density at radius 3 is 2.70 bits per heavy atom. The Hall–Kier alpha value is -2.80. The largest absolute Gasteiger partial charge is 0.468 e. The van der Waals surface area contributed by atoms with Crippen LogP contribution in [0.2, 0.25) is 5.02 Å². The molecular formula is C23H19BrClN3O4S. The number of rotatable bonds is 6. The third-order valence-electron chi connectivity index (χ3n) is 4.99. The van der Waals surface area contributed by atoms with Gasteiger partial charge in [-0.25, -0.2) is 0 Å². The molecule has 0 spiro atoms. The molecule has 33 heavy (non-hydrogen) atoms. The molecule has 10 heteroatoms. The lowest BCUT2D eigenvalue weighted by Crippen LogP contribution is -2.44. The smallest absolute Gasteiger partial charge is 0.319 e. The van der Waals surface area contributed by atoms with E-state index in [9.17, 15) is 19.6 Å². The summed E-state index contributed by atoms with van der Waals surface area (Å²) in [5.41, 5.74) is 2.20. The quantitative estimate of drug-likeness (QED) is 0.406. The van der Waals surface area contributed by atoms with Gasteiger partial charge in [0.25, 0.3) is 0 Å². The monoisotopic (exact) mass is 547 g/mol. The number of anilines is 1. The van der Waals surface area contributed by atoms with Gasteiger partial charge in [0.15, 0.2) is 0 Å². The Labute approximate surface area is 208 Å². The number of methoxy groups -OCH3 is 1. The van der Waals surface area contributed by atoms with Gasteiger partial charge in [-0.15, -0.1) is 0 Å². The number of halogens is 2. The van der Waals surface area contributed by atoms with Crippen LogP contribution in [0.5, 0.6) is 0 Å². The third kappa shape index (κ3) is 5.77. The highest BCUT2D eigenvalue weighted by molar-refractivity contribution is 9.10. The number of thioether (sulfide) groups is 1. The number of carbonyl (C=O) groups excluding carboxylic acids is 3. The number of hydrogen-bond donors (Lipinski definition) is 2. The molecule has 2 aromatic carbocycles. The zero-order chi connectivity index (χ0) is 24.1. The maximum Gasteiger partial charge on any atom is 0.319 e. The molecule has 0 saturated heterocycles. The summed E-state index contributed by atoms with van der Waals surface area (Å²) < 4.78 is 5.56. The van der Waals surface area contributed by atoms with Crippen molar-refractivity contribution in [3.05, 3.63) is 73.7 Å². The van der Waals surface area contributed by atoms with E-state index in [1.54, 1.807) is 42.5 Å². The summed E-state index contributed by atoms with van der Waals surface area (Å²) in [6.45, 7) is 1.86. The molecule has 0 aliphatic carbocycles. The lowest BCUT2D eigenvalue weighted by atomic mass is 9.78. The summed E-state index contributed by atoms with van der Waals surface area (Å²) in [6.07, 6.45) is 0. The van der Waals surface area contributed by atoms with Crippen molar-refractivity contribution in [3.63, 3.8) is 0 Å². The Morgan fingerprint density at radius 2 is 2.06 bits per heavy atom.